The second kappa shape index (κ2) is 7.04. The summed E-state index contributed by atoms with van der Waals surface area (Å²) in [7, 11) is 3.09. The molecule has 0 spiro atoms. The van der Waals surface area contributed by atoms with Crippen molar-refractivity contribution < 1.29 is 19.0 Å². The monoisotopic (exact) mass is 418 g/mol. The minimum Gasteiger partial charge on any atom is -0.496 e. The second-order valence-corrected chi connectivity index (χ2v) is 7.28. The molecule has 1 aliphatic carbocycles. The van der Waals surface area contributed by atoms with E-state index in [1.54, 1.807) is 19.2 Å². The Morgan fingerprint density at radius 1 is 1.27 bits per heavy atom. The molecule has 0 saturated carbocycles. The van der Waals surface area contributed by atoms with Crippen LogP contribution in [0.1, 0.15) is 31.2 Å². The van der Waals surface area contributed by atoms with Crippen molar-refractivity contribution in [2.24, 2.45) is 11.7 Å². The quantitative estimate of drug-likeness (QED) is 0.806. The number of benzene rings is 1. The third-order valence-electron chi connectivity index (χ3n) is 4.68. The van der Waals surface area contributed by atoms with Gasteiger partial charge in [-0.1, -0.05) is 6.92 Å². The van der Waals surface area contributed by atoms with Crippen molar-refractivity contribution in [1.29, 1.82) is 5.26 Å². The van der Waals surface area contributed by atoms with Gasteiger partial charge < -0.3 is 19.9 Å². The highest BCUT2D eigenvalue weighted by Crippen LogP contribution is 2.48. The Morgan fingerprint density at radius 3 is 2.58 bits per heavy atom. The molecule has 1 aromatic carbocycles. The number of ether oxygens (including phenoxy) is 3. The summed E-state index contributed by atoms with van der Waals surface area (Å²) in [6, 6.07) is 5.63. The van der Waals surface area contributed by atoms with Crippen molar-refractivity contribution in [2.45, 2.75) is 25.7 Å². The number of carbonyl (C=O) groups is 1. The molecule has 0 bridgehead atoms. The third-order valence-corrected chi connectivity index (χ3v) is 5.30. The highest BCUT2D eigenvalue weighted by molar-refractivity contribution is 9.10. The summed E-state index contributed by atoms with van der Waals surface area (Å²) in [5.74, 6) is 1.19. The first-order valence-corrected chi connectivity index (χ1v) is 8.95. The standard InChI is InChI=1S/C19H19BrN2O4/c1-9-4-13(23)18-16(5-9)26-19(22)11(8-21)17(18)10-6-12(20)15(25-3)7-14(10)24-2/h6-7,9,17H,4-5,22H2,1-3H3/t9-,17+/m0/s1. The van der Waals surface area contributed by atoms with Gasteiger partial charge in [0.05, 0.1) is 24.6 Å². The van der Waals surface area contributed by atoms with Crippen LogP contribution in [0.25, 0.3) is 0 Å². The minimum atomic E-state index is -0.624. The third kappa shape index (κ3) is 2.95. The van der Waals surface area contributed by atoms with E-state index in [9.17, 15) is 10.1 Å². The smallest absolute Gasteiger partial charge is 0.205 e. The average molecular weight is 419 g/mol. The van der Waals surface area contributed by atoms with Crippen LogP contribution in [0, 0.1) is 17.2 Å². The number of ketones is 1. The molecule has 26 heavy (non-hydrogen) atoms. The summed E-state index contributed by atoms with van der Waals surface area (Å²) < 4.78 is 17.2. The molecule has 0 fully saturated rings. The molecule has 0 amide bonds. The summed E-state index contributed by atoms with van der Waals surface area (Å²) >= 11 is 3.46. The highest BCUT2D eigenvalue weighted by Gasteiger charge is 2.41. The van der Waals surface area contributed by atoms with Crippen LogP contribution >= 0.6 is 15.9 Å². The predicted molar refractivity (Wildman–Crippen MR) is 98.3 cm³/mol. The topological polar surface area (TPSA) is 94.6 Å². The van der Waals surface area contributed by atoms with E-state index >= 15 is 0 Å². The summed E-state index contributed by atoms with van der Waals surface area (Å²) in [6.07, 6.45) is 1.02. The molecule has 0 radical (unpaired) electrons. The van der Waals surface area contributed by atoms with Gasteiger partial charge in [0.25, 0.3) is 0 Å². The van der Waals surface area contributed by atoms with Crippen LogP contribution in [0.5, 0.6) is 11.5 Å². The molecular weight excluding hydrogens is 400 g/mol. The largest absolute Gasteiger partial charge is 0.496 e. The Balaban J connectivity index is 2.26. The lowest BCUT2D eigenvalue weighted by Gasteiger charge is -2.33. The summed E-state index contributed by atoms with van der Waals surface area (Å²) in [5.41, 5.74) is 7.38. The fourth-order valence-electron chi connectivity index (χ4n) is 3.51. The Kier molecular flexibility index (Phi) is 4.97. The Labute approximate surface area is 160 Å². The van der Waals surface area contributed by atoms with Gasteiger partial charge in [0, 0.05) is 30.0 Å². The summed E-state index contributed by atoms with van der Waals surface area (Å²) in [6.45, 7) is 1.99. The lowest BCUT2D eigenvalue weighted by molar-refractivity contribution is -0.117. The SMILES string of the molecule is COc1cc(OC)c([C@@H]2C(C#N)=C(N)OC3=C2C(=O)C[C@H](C)C3)cc1Br. The van der Waals surface area contributed by atoms with Crippen molar-refractivity contribution >= 4 is 21.7 Å². The zero-order valence-electron chi connectivity index (χ0n) is 14.8. The average Bonchev–Trinajstić information content (AvgIpc) is 2.60. The Hall–Kier alpha value is -2.46. The maximum Gasteiger partial charge on any atom is 0.205 e. The number of nitriles is 1. The molecule has 1 heterocycles. The lowest BCUT2D eigenvalue weighted by atomic mass is 9.75. The van der Waals surface area contributed by atoms with E-state index in [1.165, 1.54) is 7.11 Å². The molecule has 2 atom stereocenters. The zero-order chi connectivity index (χ0) is 19.0. The van der Waals surface area contributed by atoms with E-state index in [2.05, 4.69) is 22.0 Å². The molecule has 3 rings (SSSR count). The van der Waals surface area contributed by atoms with Crippen LogP contribution in [0.2, 0.25) is 0 Å². The van der Waals surface area contributed by atoms with Crippen molar-refractivity contribution in [1.82, 2.24) is 0 Å². The normalized spacial score (nSPS) is 22.5. The molecular formula is C19H19BrN2O4. The van der Waals surface area contributed by atoms with Gasteiger partial charge >= 0.3 is 0 Å². The molecule has 0 unspecified atom stereocenters. The summed E-state index contributed by atoms with van der Waals surface area (Å²) in [5, 5.41) is 9.68. The van der Waals surface area contributed by atoms with Crippen molar-refractivity contribution in [2.75, 3.05) is 14.2 Å². The number of halogens is 1. The molecule has 1 aliphatic heterocycles. The fraction of sp³-hybridized carbons (Fsp3) is 0.368. The minimum absolute atomic E-state index is 0.0296. The molecule has 2 aliphatic rings. The molecule has 1 aromatic rings. The number of hydrogen-bond acceptors (Lipinski definition) is 6. The molecule has 0 aromatic heterocycles. The molecule has 7 heteroatoms. The molecule has 2 N–H and O–H groups in total. The van der Waals surface area contributed by atoms with Gasteiger partial charge in [0.15, 0.2) is 5.78 Å². The van der Waals surface area contributed by atoms with Gasteiger partial charge in [-0.05, 0) is 27.9 Å². The Morgan fingerprint density at radius 2 is 1.96 bits per heavy atom. The van der Waals surface area contributed by atoms with E-state index in [0.717, 1.165) is 0 Å². The maximum absolute atomic E-state index is 12.8. The van der Waals surface area contributed by atoms with Crippen LogP contribution < -0.4 is 15.2 Å². The molecule has 6 nitrogen and oxygen atoms in total. The van der Waals surface area contributed by atoms with Gasteiger partial charge in [-0.2, -0.15) is 5.26 Å². The number of Topliss-reactive ketones (excluding diaryl/α,β-unsaturated/α-hetero) is 1. The van der Waals surface area contributed by atoms with E-state index in [1.807, 2.05) is 6.92 Å². The van der Waals surface area contributed by atoms with Gasteiger partial charge in [0.1, 0.15) is 28.9 Å². The van der Waals surface area contributed by atoms with Crippen LogP contribution in [0.3, 0.4) is 0 Å². The van der Waals surface area contributed by atoms with E-state index in [4.69, 9.17) is 19.9 Å². The first-order chi connectivity index (χ1) is 12.4. The second-order valence-electron chi connectivity index (χ2n) is 6.43. The van der Waals surface area contributed by atoms with Crippen LogP contribution in [0.15, 0.2) is 39.4 Å². The van der Waals surface area contributed by atoms with E-state index in [0.29, 0.717) is 45.7 Å². The fourth-order valence-corrected chi connectivity index (χ4v) is 4.04. The van der Waals surface area contributed by atoms with Crippen LogP contribution in [-0.2, 0) is 9.53 Å². The Bertz CT molecular complexity index is 882. The number of methoxy groups -OCH3 is 2. The predicted octanol–water partition coefficient (Wildman–Crippen LogP) is 3.53. The summed E-state index contributed by atoms with van der Waals surface area (Å²) in [4.78, 5) is 12.8. The van der Waals surface area contributed by atoms with Crippen LogP contribution in [-0.4, -0.2) is 20.0 Å². The number of carbonyl (C=O) groups excluding carboxylic acids is 1. The lowest BCUT2D eigenvalue weighted by Crippen LogP contribution is -2.30. The molecule has 136 valence electrons. The van der Waals surface area contributed by atoms with E-state index < -0.39 is 5.92 Å². The van der Waals surface area contributed by atoms with E-state index in [-0.39, 0.29) is 23.2 Å². The van der Waals surface area contributed by atoms with Gasteiger partial charge in [-0.25, -0.2) is 0 Å². The van der Waals surface area contributed by atoms with Gasteiger partial charge in [-0.3, -0.25) is 4.79 Å². The molecule has 0 saturated heterocycles. The van der Waals surface area contributed by atoms with Crippen LogP contribution in [0.4, 0.5) is 0 Å². The number of allylic oxidation sites excluding steroid dienone is 3. The number of nitrogens with zero attached hydrogens (tertiary/aromatic N) is 1. The van der Waals surface area contributed by atoms with Crippen molar-refractivity contribution in [3.8, 4) is 17.6 Å². The van der Waals surface area contributed by atoms with Crippen molar-refractivity contribution in [3.05, 3.63) is 45.0 Å². The van der Waals surface area contributed by atoms with Crippen molar-refractivity contribution in [3.63, 3.8) is 0 Å². The first kappa shape index (κ1) is 18.3. The number of rotatable bonds is 3. The maximum atomic E-state index is 12.8. The number of nitrogens with two attached hydrogens (primary N) is 1. The zero-order valence-corrected chi connectivity index (χ0v) is 16.3. The van der Waals surface area contributed by atoms with Gasteiger partial charge in [0.2, 0.25) is 5.88 Å². The highest BCUT2D eigenvalue weighted by atomic mass is 79.9. The number of hydrogen-bond donors (Lipinski definition) is 1. The van der Waals surface area contributed by atoms with Gasteiger partial charge in [-0.15, -0.1) is 0 Å². The first-order valence-electron chi connectivity index (χ1n) is 8.16.